The highest BCUT2D eigenvalue weighted by atomic mass is 32.2. The molecule has 4 rings (SSSR count). The van der Waals surface area contributed by atoms with E-state index in [0.717, 1.165) is 16.9 Å². The monoisotopic (exact) mass is 425 g/mol. The Hall–Kier alpha value is -3.82. The summed E-state index contributed by atoms with van der Waals surface area (Å²) in [6.07, 6.45) is 1.57. The third-order valence-electron chi connectivity index (χ3n) is 4.80. The second-order valence-electron chi connectivity index (χ2n) is 6.77. The average molecular weight is 426 g/mol. The minimum Gasteiger partial charge on any atom is -0.464 e. The number of nitriles is 1. The first-order valence-corrected chi connectivity index (χ1v) is 10.6. The minimum atomic E-state index is -0.0773. The summed E-state index contributed by atoms with van der Waals surface area (Å²) in [7, 11) is 1.74. The van der Waals surface area contributed by atoms with E-state index in [-0.39, 0.29) is 11.7 Å². The number of carbonyl (C=O) groups is 1. The summed E-state index contributed by atoms with van der Waals surface area (Å²) in [6.45, 7) is 0. The molecule has 5 nitrogen and oxygen atoms in total. The number of anilines is 1. The predicted molar refractivity (Wildman–Crippen MR) is 123 cm³/mol. The van der Waals surface area contributed by atoms with E-state index in [0.29, 0.717) is 21.9 Å². The van der Waals surface area contributed by atoms with Crippen LogP contribution in [0.3, 0.4) is 0 Å². The first-order valence-electron chi connectivity index (χ1n) is 9.66. The quantitative estimate of drug-likeness (QED) is 0.374. The topological polar surface area (TPSA) is 70.1 Å². The Morgan fingerprint density at radius 1 is 1.06 bits per heavy atom. The van der Waals surface area contributed by atoms with Gasteiger partial charge in [0.05, 0.1) is 23.3 Å². The Balaban J connectivity index is 1.68. The molecule has 0 radical (unpaired) electrons. The van der Waals surface area contributed by atoms with Gasteiger partial charge in [0.2, 0.25) is 5.91 Å². The van der Waals surface area contributed by atoms with Crippen molar-refractivity contribution in [2.45, 2.75) is 5.03 Å². The molecule has 0 aliphatic rings. The molecule has 0 saturated heterocycles. The molecule has 0 saturated carbocycles. The molecule has 152 valence electrons. The molecule has 0 aliphatic heterocycles. The van der Waals surface area contributed by atoms with Crippen LogP contribution in [-0.2, 0) is 4.79 Å². The maximum Gasteiger partial charge on any atom is 0.237 e. The highest BCUT2D eigenvalue weighted by Crippen LogP contribution is 2.34. The van der Waals surface area contributed by atoms with Crippen molar-refractivity contribution < 1.29 is 9.21 Å². The molecule has 6 heteroatoms. The van der Waals surface area contributed by atoms with Gasteiger partial charge in [0.25, 0.3) is 0 Å². The number of hydrogen-bond donors (Lipinski definition) is 0. The zero-order valence-corrected chi connectivity index (χ0v) is 17.7. The van der Waals surface area contributed by atoms with Crippen molar-refractivity contribution in [3.8, 4) is 28.7 Å². The molecular formula is C25H19N3O2S. The number of furan rings is 1. The molecule has 2 aromatic heterocycles. The Morgan fingerprint density at radius 3 is 2.42 bits per heavy atom. The van der Waals surface area contributed by atoms with Crippen molar-refractivity contribution in [2.24, 2.45) is 0 Å². The second-order valence-corrected chi connectivity index (χ2v) is 7.73. The maximum absolute atomic E-state index is 12.8. The highest BCUT2D eigenvalue weighted by molar-refractivity contribution is 8.00. The largest absolute Gasteiger partial charge is 0.464 e. The van der Waals surface area contributed by atoms with Crippen molar-refractivity contribution in [2.75, 3.05) is 17.7 Å². The molecule has 2 heterocycles. The van der Waals surface area contributed by atoms with Crippen LogP contribution in [0, 0.1) is 11.3 Å². The molecular weight excluding hydrogens is 406 g/mol. The third-order valence-corrected chi connectivity index (χ3v) is 5.76. The van der Waals surface area contributed by atoms with Crippen LogP contribution in [0.4, 0.5) is 5.69 Å². The van der Waals surface area contributed by atoms with Gasteiger partial charge in [-0.3, -0.25) is 4.79 Å². The number of amides is 1. The van der Waals surface area contributed by atoms with Crippen LogP contribution < -0.4 is 4.90 Å². The summed E-state index contributed by atoms with van der Waals surface area (Å²) in [5.74, 6) is 0.667. The molecule has 0 N–H and O–H groups in total. The number of benzene rings is 2. The van der Waals surface area contributed by atoms with Crippen molar-refractivity contribution in [3.05, 3.63) is 90.7 Å². The molecule has 0 bridgehead atoms. The van der Waals surface area contributed by atoms with Crippen LogP contribution in [0.25, 0.3) is 22.6 Å². The zero-order valence-electron chi connectivity index (χ0n) is 16.9. The molecule has 31 heavy (non-hydrogen) atoms. The number of nitrogens with zero attached hydrogens (tertiary/aromatic N) is 3. The van der Waals surface area contributed by atoms with Crippen LogP contribution in [0.2, 0.25) is 0 Å². The van der Waals surface area contributed by atoms with Crippen LogP contribution in [0.5, 0.6) is 0 Å². The fraction of sp³-hybridized carbons (Fsp3) is 0.0800. The number of hydrogen-bond acceptors (Lipinski definition) is 5. The van der Waals surface area contributed by atoms with Gasteiger partial charge in [-0.15, -0.1) is 0 Å². The maximum atomic E-state index is 12.8. The predicted octanol–water partition coefficient (Wildman–Crippen LogP) is 5.64. The Morgan fingerprint density at radius 2 is 1.77 bits per heavy atom. The van der Waals surface area contributed by atoms with Crippen LogP contribution in [0.15, 0.2) is 94.6 Å². The normalized spacial score (nSPS) is 10.5. The van der Waals surface area contributed by atoms with Crippen LogP contribution >= 0.6 is 11.8 Å². The second kappa shape index (κ2) is 9.33. The number of pyridine rings is 1. The van der Waals surface area contributed by atoms with E-state index < -0.39 is 0 Å². The molecule has 1 amide bonds. The lowest BCUT2D eigenvalue weighted by molar-refractivity contribution is -0.115. The molecule has 0 aliphatic carbocycles. The number of thioether (sulfide) groups is 1. The van der Waals surface area contributed by atoms with Crippen LogP contribution in [0.1, 0.15) is 5.56 Å². The summed E-state index contributed by atoms with van der Waals surface area (Å²) in [6, 6.07) is 26.9. The van der Waals surface area contributed by atoms with Gasteiger partial charge in [0.15, 0.2) is 0 Å². The summed E-state index contributed by atoms with van der Waals surface area (Å²) in [4.78, 5) is 19.1. The van der Waals surface area contributed by atoms with Gasteiger partial charge < -0.3 is 9.32 Å². The fourth-order valence-corrected chi connectivity index (χ4v) is 4.06. The standard InChI is InChI=1S/C25H19N3O2S/c1-28(19-11-6-3-7-12-19)24(29)17-31-25-21(16-26)20(23-13-8-14-30-23)15-22(27-25)18-9-4-2-5-10-18/h2-15H,17H2,1H3. The van der Waals surface area contributed by atoms with Gasteiger partial charge >= 0.3 is 0 Å². The van der Waals surface area contributed by atoms with Crippen molar-refractivity contribution in [3.63, 3.8) is 0 Å². The van der Waals surface area contributed by atoms with E-state index in [4.69, 9.17) is 9.40 Å². The molecule has 2 aromatic carbocycles. The van der Waals surface area contributed by atoms with E-state index >= 15 is 0 Å². The molecule has 4 aromatic rings. The Labute approximate surface area is 185 Å². The first-order chi connectivity index (χ1) is 15.2. The summed E-state index contributed by atoms with van der Waals surface area (Å²) >= 11 is 1.26. The van der Waals surface area contributed by atoms with Gasteiger partial charge in [-0.1, -0.05) is 60.3 Å². The van der Waals surface area contributed by atoms with E-state index in [2.05, 4.69) is 6.07 Å². The average Bonchev–Trinajstić information content (AvgIpc) is 3.37. The highest BCUT2D eigenvalue weighted by Gasteiger charge is 2.19. The Bertz CT molecular complexity index is 1220. The first kappa shape index (κ1) is 20.5. The van der Waals surface area contributed by atoms with E-state index in [1.807, 2.05) is 72.8 Å². The zero-order chi connectivity index (χ0) is 21.6. The van der Waals surface area contributed by atoms with Gasteiger partial charge in [0, 0.05) is 23.9 Å². The van der Waals surface area contributed by atoms with Gasteiger partial charge in [-0.05, 0) is 30.3 Å². The lowest BCUT2D eigenvalue weighted by atomic mass is 10.0. The number of rotatable bonds is 6. The Kier molecular flexibility index (Phi) is 6.16. The van der Waals surface area contributed by atoms with Gasteiger partial charge in [-0.2, -0.15) is 5.26 Å². The molecule has 0 fully saturated rings. The fourth-order valence-electron chi connectivity index (χ4n) is 3.14. The van der Waals surface area contributed by atoms with Crippen molar-refractivity contribution >= 4 is 23.4 Å². The van der Waals surface area contributed by atoms with Crippen molar-refractivity contribution in [1.82, 2.24) is 4.98 Å². The lowest BCUT2D eigenvalue weighted by Crippen LogP contribution is -2.27. The molecule has 0 unspecified atom stereocenters. The summed E-state index contributed by atoms with van der Waals surface area (Å²) < 4.78 is 5.57. The summed E-state index contributed by atoms with van der Waals surface area (Å²) in [5, 5.41) is 10.4. The number of aromatic nitrogens is 1. The molecule has 0 atom stereocenters. The summed E-state index contributed by atoms with van der Waals surface area (Å²) in [5.41, 5.74) is 3.52. The van der Waals surface area contributed by atoms with Gasteiger partial charge in [0.1, 0.15) is 16.9 Å². The van der Waals surface area contributed by atoms with E-state index in [1.165, 1.54) is 11.8 Å². The smallest absolute Gasteiger partial charge is 0.237 e. The number of para-hydroxylation sites is 1. The van der Waals surface area contributed by atoms with Crippen molar-refractivity contribution in [1.29, 1.82) is 5.26 Å². The molecule has 0 spiro atoms. The number of carbonyl (C=O) groups excluding carboxylic acids is 1. The van der Waals surface area contributed by atoms with E-state index in [1.54, 1.807) is 24.3 Å². The van der Waals surface area contributed by atoms with Gasteiger partial charge in [-0.25, -0.2) is 4.98 Å². The van der Waals surface area contributed by atoms with Crippen LogP contribution in [-0.4, -0.2) is 23.7 Å². The third kappa shape index (κ3) is 4.52. The lowest BCUT2D eigenvalue weighted by Gasteiger charge is -2.17. The SMILES string of the molecule is CN(C(=O)CSc1nc(-c2ccccc2)cc(-c2ccco2)c1C#N)c1ccccc1. The van der Waals surface area contributed by atoms with E-state index in [9.17, 15) is 10.1 Å². The minimum absolute atomic E-state index is 0.0773.